The van der Waals surface area contributed by atoms with Crippen LogP contribution in [-0.4, -0.2) is 18.0 Å². The van der Waals surface area contributed by atoms with Gasteiger partial charge in [-0.15, -0.1) is 0 Å². The Morgan fingerprint density at radius 1 is 1.67 bits per heavy atom. The normalized spacial score (nSPS) is 26.0. The fraction of sp³-hybridized carbons (Fsp3) is 0.750. The highest BCUT2D eigenvalue weighted by Crippen LogP contribution is 2.31. The van der Waals surface area contributed by atoms with Gasteiger partial charge in [-0.25, -0.2) is 0 Å². The maximum Gasteiger partial charge on any atom is 0.305 e. The second-order valence-electron chi connectivity index (χ2n) is 3.45. The molecule has 0 saturated carbocycles. The molecule has 4 nitrogen and oxygen atoms in total. The maximum absolute atomic E-state index is 10.6. The summed E-state index contributed by atoms with van der Waals surface area (Å²) in [6.45, 7) is 7.05. The molecule has 0 saturated heterocycles. The third-order valence-corrected chi connectivity index (χ3v) is 2.08. The van der Waals surface area contributed by atoms with E-state index in [4.69, 9.17) is 9.57 Å². The molecule has 1 rings (SSSR count). The van der Waals surface area contributed by atoms with Gasteiger partial charge in [0.05, 0.1) is 11.1 Å². The van der Waals surface area contributed by atoms with Crippen molar-refractivity contribution in [1.82, 2.24) is 0 Å². The number of rotatable bonds is 1. The van der Waals surface area contributed by atoms with Gasteiger partial charge < -0.3 is 9.57 Å². The zero-order valence-electron chi connectivity index (χ0n) is 7.75. The van der Waals surface area contributed by atoms with Gasteiger partial charge in [-0.3, -0.25) is 4.79 Å². The molecule has 12 heavy (non-hydrogen) atoms. The van der Waals surface area contributed by atoms with Crippen LogP contribution >= 0.6 is 0 Å². The molecule has 4 heteroatoms. The van der Waals surface area contributed by atoms with Crippen molar-refractivity contribution in [2.24, 2.45) is 10.6 Å². The lowest BCUT2D eigenvalue weighted by atomic mass is 9.88. The van der Waals surface area contributed by atoms with Crippen LogP contribution in [0, 0.1) is 5.41 Å². The quantitative estimate of drug-likeness (QED) is 0.559. The van der Waals surface area contributed by atoms with Crippen molar-refractivity contribution in [3.05, 3.63) is 0 Å². The lowest BCUT2D eigenvalue weighted by Crippen LogP contribution is -2.34. The van der Waals surface area contributed by atoms with Gasteiger partial charge in [0.2, 0.25) is 0 Å². The van der Waals surface area contributed by atoms with Gasteiger partial charge in [-0.2, -0.15) is 0 Å². The van der Waals surface area contributed by atoms with Crippen LogP contribution in [0.25, 0.3) is 0 Å². The number of nitrogens with zero attached hydrogens (tertiary/aromatic N) is 1. The summed E-state index contributed by atoms with van der Waals surface area (Å²) in [6, 6.07) is 0. The first kappa shape index (κ1) is 9.03. The summed E-state index contributed by atoms with van der Waals surface area (Å²) in [4.78, 5) is 15.6. The second-order valence-corrected chi connectivity index (χ2v) is 3.45. The molecule has 0 aliphatic carbocycles. The van der Waals surface area contributed by atoms with Crippen LogP contribution in [0.15, 0.2) is 5.16 Å². The number of carbonyl (C=O) groups is 1. The predicted molar refractivity (Wildman–Crippen MR) is 43.5 cm³/mol. The minimum Gasteiger partial charge on any atom is -0.422 e. The first-order chi connectivity index (χ1) is 5.44. The molecule has 0 radical (unpaired) electrons. The highest BCUT2D eigenvalue weighted by Gasteiger charge is 2.42. The summed E-state index contributed by atoms with van der Waals surface area (Å²) >= 11 is 0. The van der Waals surface area contributed by atoms with E-state index in [1.165, 1.54) is 6.92 Å². The molecule has 1 aliphatic heterocycles. The third-order valence-electron chi connectivity index (χ3n) is 2.08. The smallest absolute Gasteiger partial charge is 0.305 e. The van der Waals surface area contributed by atoms with Crippen LogP contribution in [0.2, 0.25) is 0 Å². The van der Waals surface area contributed by atoms with E-state index < -0.39 is 6.29 Å². The number of hydrogen-bond acceptors (Lipinski definition) is 4. The van der Waals surface area contributed by atoms with Gasteiger partial charge in [0, 0.05) is 6.92 Å². The molecule has 0 aromatic rings. The summed E-state index contributed by atoms with van der Waals surface area (Å²) in [6.07, 6.45) is -0.574. The van der Waals surface area contributed by atoms with Crippen LogP contribution in [0.4, 0.5) is 0 Å². The summed E-state index contributed by atoms with van der Waals surface area (Å²) in [5, 5.41) is 3.76. The maximum atomic E-state index is 10.6. The molecule has 0 fully saturated rings. The molecule has 0 bridgehead atoms. The molecule has 1 aliphatic rings. The minimum absolute atomic E-state index is 0.314. The van der Waals surface area contributed by atoms with E-state index in [1.54, 1.807) is 0 Å². The summed E-state index contributed by atoms with van der Waals surface area (Å²) < 4.78 is 4.92. The van der Waals surface area contributed by atoms with Crippen molar-refractivity contribution in [1.29, 1.82) is 0 Å². The Kier molecular flexibility index (Phi) is 2.08. The number of esters is 1. The number of carbonyl (C=O) groups excluding carboxylic acids is 1. The van der Waals surface area contributed by atoms with Crippen molar-refractivity contribution in [2.45, 2.75) is 34.0 Å². The van der Waals surface area contributed by atoms with Crippen molar-refractivity contribution in [2.75, 3.05) is 0 Å². The Bertz CT molecular complexity index is 232. The molecule has 0 aromatic heterocycles. The van der Waals surface area contributed by atoms with Gasteiger partial charge in [0.15, 0.2) is 0 Å². The highest BCUT2D eigenvalue weighted by molar-refractivity contribution is 5.88. The van der Waals surface area contributed by atoms with E-state index in [1.807, 2.05) is 20.8 Å². The van der Waals surface area contributed by atoms with Crippen LogP contribution in [0.5, 0.6) is 0 Å². The van der Waals surface area contributed by atoms with Crippen molar-refractivity contribution in [3.63, 3.8) is 0 Å². The van der Waals surface area contributed by atoms with Crippen molar-refractivity contribution >= 4 is 11.7 Å². The third kappa shape index (κ3) is 1.42. The zero-order chi connectivity index (χ0) is 9.35. The topological polar surface area (TPSA) is 47.9 Å². The van der Waals surface area contributed by atoms with Gasteiger partial charge >= 0.3 is 5.97 Å². The SMILES string of the molecule is CC(=O)OC1ON=C(C)C1(C)C. The van der Waals surface area contributed by atoms with E-state index in [2.05, 4.69) is 5.16 Å². The average molecular weight is 171 g/mol. The Hall–Kier alpha value is -1.06. The molecule has 0 N–H and O–H groups in total. The molecule has 0 aromatic carbocycles. The Morgan fingerprint density at radius 2 is 2.25 bits per heavy atom. The number of ether oxygens (including phenoxy) is 1. The summed E-state index contributed by atoms with van der Waals surface area (Å²) in [5.41, 5.74) is 0.528. The Morgan fingerprint density at radius 3 is 2.58 bits per heavy atom. The van der Waals surface area contributed by atoms with E-state index >= 15 is 0 Å². The van der Waals surface area contributed by atoms with E-state index in [9.17, 15) is 4.79 Å². The fourth-order valence-corrected chi connectivity index (χ4v) is 0.866. The second kappa shape index (κ2) is 2.77. The van der Waals surface area contributed by atoms with Gasteiger partial charge in [0.25, 0.3) is 6.29 Å². The van der Waals surface area contributed by atoms with Crippen LogP contribution in [0.3, 0.4) is 0 Å². The molecular formula is C8H13NO3. The summed E-state index contributed by atoms with van der Waals surface area (Å²) in [5.74, 6) is -0.349. The summed E-state index contributed by atoms with van der Waals surface area (Å²) in [7, 11) is 0. The largest absolute Gasteiger partial charge is 0.422 e. The minimum atomic E-state index is -0.574. The molecule has 0 spiro atoms. The number of oxime groups is 1. The first-order valence-electron chi connectivity index (χ1n) is 3.82. The van der Waals surface area contributed by atoms with Gasteiger partial charge in [0.1, 0.15) is 0 Å². The molecular weight excluding hydrogens is 158 g/mol. The average Bonchev–Trinajstić information content (AvgIpc) is 2.15. The first-order valence-corrected chi connectivity index (χ1v) is 3.82. The Balaban J connectivity index is 2.67. The monoisotopic (exact) mass is 171 g/mol. The lowest BCUT2D eigenvalue weighted by molar-refractivity contribution is -0.185. The standard InChI is InChI=1S/C8H13NO3/c1-5-8(3,4)7(12-9-5)11-6(2)10/h7H,1-4H3. The van der Waals surface area contributed by atoms with Crippen LogP contribution in [0.1, 0.15) is 27.7 Å². The zero-order valence-corrected chi connectivity index (χ0v) is 7.75. The van der Waals surface area contributed by atoms with E-state index in [0.29, 0.717) is 0 Å². The fourth-order valence-electron chi connectivity index (χ4n) is 0.866. The molecule has 1 unspecified atom stereocenters. The highest BCUT2D eigenvalue weighted by atomic mass is 16.8. The van der Waals surface area contributed by atoms with E-state index in [0.717, 1.165) is 5.71 Å². The molecule has 1 heterocycles. The van der Waals surface area contributed by atoms with Crippen molar-refractivity contribution in [3.8, 4) is 0 Å². The molecule has 0 amide bonds. The number of hydrogen-bond donors (Lipinski definition) is 0. The molecule has 68 valence electrons. The molecule has 1 atom stereocenters. The van der Waals surface area contributed by atoms with E-state index in [-0.39, 0.29) is 11.4 Å². The predicted octanol–water partition coefficient (Wildman–Crippen LogP) is 1.31. The van der Waals surface area contributed by atoms with Gasteiger partial charge in [-0.1, -0.05) is 5.16 Å². The Labute approximate surface area is 71.5 Å². The van der Waals surface area contributed by atoms with Gasteiger partial charge in [-0.05, 0) is 20.8 Å². The van der Waals surface area contributed by atoms with Crippen LogP contribution in [-0.2, 0) is 14.4 Å². The lowest BCUT2D eigenvalue weighted by Gasteiger charge is -2.23. The van der Waals surface area contributed by atoms with Crippen LogP contribution < -0.4 is 0 Å². The van der Waals surface area contributed by atoms with Crippen molar-refractivity contribution < 1.29 is 14.4 Å².